The standard InChI is InChI=1S/C16H13BrN6/c1-10(22-16-13(8-18)19-6-7-20-16)15-21-9-14(23-15)11-2-4-12(17)5-3-11/h2-7,9-10H,1H3,(H,20,22)(H,21,23)/t10-/m1/s1. The van der Waals surface area contributed by atoms with Crippen molar-refractivity contribution in [3.8, 4) is 17.3 Å². The number of nitrogens with one attached hydrogen (secondary N) is 2. The van der Waals surface area contributed by atoms with Crippen LogP contribution in [-0.4, -0.2) is 19.9 Å². The fraction of sp³-hybridized carbons (Fsp3) is 0.125. The minimum atomic E-state index is -0.136. The molecule has 2 aromatic heterocycles. The molecule has 0 aliphatic heterocycles. The van der Waals surface area contributed by atoms with Crippen molar-refractivity contribution in [1.29, 1.82) is 5.26 Å². The number of hydrogen-bond donors (Lipinski definition) is 2. The van der Waals surface area contributed by atoms with Crippen molar-refractivity contribution in [2.24, 2.45) is 0 Å². The topological polar surface area (TPSA) is 90.3 Å². The third-order valence-corrected chi connectivity index (χ3v) is 3.85. The molecule has 0 unspecified atom stereocenters. The van der Waals surface area contributed by atoms with Crippen LogP contribution in [0.15, 0.2) is 47.3 Å². The molecule has 0 saturated carbocycles. The normalized spacial score (nSPS) is 11.7. The number of nitrogens with zero attached hydrogens (tertiary/aromatic N) is 4. The van der Waals surface area contributed by atoms with Crippen LogP contribution in [0.5, 0.6) is 0 Å². The van der Waals surface area contributed by atoms with Crippen molar-refractivity contribution in [3.63, 3.8) is 0 Å². The van der Waals surface area contributed by atoms with Gasteiger partial charge in [-0.25, -0.2) is 15.0 Å². The summed E-state index contributed by atoms with van der Waals surface area (Å²) in [6.45, 7) is 1.94. The maximum absolute atomic E-state index is 9.06. The van der Waals surface area contributed by atoms with Gasteiger partial charge in [-0.15, -0.1) is 0 Å². The van der Waals surface area contributed by atoms with E-state index >= 15 is 0 Å². The van der Waals surface area contributed by atoms with Crippen molar-refractivity contribution in [3.05, 3.63) is 58.8 Å². The summed E-state index contributed by atoms with van der Waals surface area (Å²) >= 11 is 3.42. The molecule has 0 saturated heterocycles. The zero-order chi connectivity index (χ0) is 16.2. The summed E-state index contributed by atoms with van der Waals surface area (Å²) in [5.74, 6) is 1.21. The molecule has 6 nitrogen and oxygen atoms in total. The van der Waals surface area contributed by atoms with E-state index in [2.05, 4.69) is 41.2 Å². The maximum Gasteiger partial charge on any atom is 0.182 e. The van der Waals surface area contributed by atoms with Gasteiger partial charge in [-0.2, -0.15) is 5.26 Å². The number of halogens is 1. The third-order valence-electron chi connectivity index (χ3n) is 3.32. The molecule has 3 aromatic rings. The quantitative estimate of drug-likeness (QED) is 0.732. The minimum Gasteiger partial charge on any atom is -0.358 e. The lowest BCUT2D eigenvalue weighted by Crippen LogP contribution is -2.11. The van der Waals surface area contributed by atoms with Gasteiger partial charge in [0, 0.05) is 16.9 Å². The molecule has 1 atom stereocenters. The molecular formula is C16H13BrN6. The van der Waals surface area contributed by atoms with E-state index in [0.717, 1.165) is 21.6 Å². The Bertz CT molecular complexity index is 850. The van der Waals surface area contributed by atoms with Crippen molar-refractivity contribution in [2.45, 2.75) is 13.0 Å². The Kier molecular flexibility index (Phi) is 4.35. The Balaban J connectivity index is 1.80. The van der Waals surface area contributed by atoms with Gasteiger partial charge in [0.2, 0.25) is 0 Å². The van der Waals surface area contributed by atoms with Crippen LogP contribution < -0.4 is 5.32 Å². The molecule has 0 spiro atoms. The first-order valence-electron chi connectivity index (χ1n) is 6.96. The zero-order valence-electron chi connectivity index (χ0n) is 12.3. The molecule has 3 rings (SSSR count). The first kappa shape index (κ1) is 15.2. The number of aromatic amines is 1. The van der Waals surface area contributed by atoms with E-state index in [9.17, 15) is 0 Å². The van der Waals surface area contributed by atoms with E-state index in [-0.39, 0.29) is 11.7 Å². The predicted octanol–water partition coefficient (Wildman–Crippen LogP) is 3.67. The number of benzene rings is 1. The van der Waals surface area contributed by atoms with E-state index in [1.54, 1.807) is 12.4 Å². The first-order chi connectivity index (χ1) is 11.2. The number of anilines is 1. The summed E-state index contributed by atoms with van der Waals surface area (Å²) in [6, 6.07) is 9.87. The van der Waals surface area contributed by atoms with Gasteiger partial charge in [-0.1, -0.05) is 28.1 Å². The van der Waals surface area contributed by atoms with Gasteiger partial charge in [0.05, 0.1) is 17.9 Å². The summed E-state index contributed by atoms with van der Waals surface area (Å²) in [5, 5.41) is 12.2. The Hall–Kier alpha value is -2.72. The fourth-order valence-corrected chi connectivity index (χ4v) is 2.40. The molecule has 0 amide bonds. The van der Waals surface area contributed by atoms with Crippen LogP contribution in [0.2, 0.25) is 0 Å². The molecular weight excluding hydrogens is 356 g/mol. The Labute approximate surface area is 141 Å². The van der Waals surface area contributed by atoms with E-state index in [1.165, 1.54) is 6.20 Å². The van der Waals surface area contributed by atoms with Crippen LogP contribution >= 0.6 is 15.9 Å². The van der Waals surface area contributed by atoms with Crippen molar-refractivity contribution in [2.75, 3.05) is 5.32 Å². The maximum atomic E-state index is 9.06. The highest BCUT2D eigenvalue weighted by molar-refractivity contribution is 9.10. The van der Waals surface area contributed by atoms with Crippen LogP contribution in [-0.2, 0) is 0 Å². The van der Waals surface area contributed by atoms with Crippen LogP contribution in [0.4, 0.5) is 5.82 Å². The molecule has 0 radical (unpaired) electrons. The SMILES string of the molecule is C[C@@H](Nc1nccnc1C#N)c1ncc(-c2ccc(Br)cc2)[nH]1. The first-order valence-corrected chi connectivity index (χ1v) is 7.75. The molecule has 1 aromatic carbocycles. The number of hydrogen-bond acceptors (Lipinski definition) is 5. The molecule has 2 N–H and O–H groups in total. The van der Waals surface area contributed by atoms with E-state index in [4.69, 9.17) is 5.26 Å². The number of imidazole rings is 1. The van der Waals surface area contributed by atoms with Crippen molar-refractivity contribution < 1.29 is 0 Å². The number of aromatic nitrogens is 4. The molecule has 0 fully saturated rings. The largest absolute Gasteiger partial charge is 0.358 e. The van der Waals surface area contributed by atoms with Crippen LogP contribution in [0.1, 0.15) is 24.5 Å². The molecule has 0 aliphatic carbocycles. The highest BCUT2D eigenvalue weighted by atomic mass is 79.9. The highest BCUT2D eigenvalue weighted by Crippen LogP contribution is 2.23. The van der Waals surface area contributed by atoms with Gasteiger partial charge in [0.15, 0.2) is 11.5 Å². The third kappa shape index (κ3) is 3.38. The van der Waals surface area contributed by atoms with Crippen molar-refractivity contribution >= 4 is 21.7 Å². The van der Waals surface area contributed by atoms with E-state index in [1.807, 2.05) is 37.3 Å². The average Bonchev–Trinajstić information content (AvgIpc) is 3.06. The number of rotatable bonds is 4. The summed E-state index contributed by atoms with van der Waals surface area (Å²) in [7, 11) is 0. The second kappa shape index (κ2) is 6.58. The van der Waals surface area contributed by atoms with Gasteiger partial charge in [0.25, 0.3) is 0 Å². The lowest BCUT2D eigenvalue weighted by molar-refractivity contribution is 0.801. The van der Waals surface area contributed by atoms with Gasteiger partial charge in [-0.3, -0.25) is 0 Å². The summed E-state index contributed by atoms with van der Waals surface area (Å²) < 4.78 is 1.03. The van der Waals surface area contributed by atoms with E-state index < -0.39 is 0 Å². The van der Waals surface area contributed by atoms with Crippen LogP contribution in [0.25, 0.3) is 11.3 Å². The summed E-state index contributed by atoms with van der Waals surface area (Å²) in [6.07, 6.45) is 4.83. The van der Waals surface area contributed by atoms with Gasteiger partial charge in [0.1, 0.15) is 11.9 Å². The highest BCUT2D eigenvalue weighted by Gasteiger charge is 2.13. The number of nitriles is 1. The van der Waals surface area contributed by atoms with Crippen LogP contribution in [0, 0.1) is 11.3 Å². The fourth-order valence-electron chi connectivity index (χ4n) is 2.13. The second-order valence-corrected chi connectivity index (χ2v) is 5.84. The van der Waals surface area contributed by atoms with E-state index in [0.29, 0.717) is 5.82 Å². The monoisotopic (exact) mass is 368 g/mol. The summed E-state index contributed by atoms with van der Waals surface area (Å²) in [4.78, 5) is 15.8. The smallest absolute Gasteiger partial charge is 0.182 e. The molecule has 0 bridgehead atoms. The zero-order valence-corrected chi connectivity index (χ0v) is 13.9. The lowest BCUT2D eigenvalue weighted by Gasteiger charge is -2.12. The van der Waals surface area contributed by atoms with Gasteiger partial charge >= 0.3 is 0 Å². The molecule has 7 heteroatoms. The average molecular weight is 369 g/mol. The lowest BCUT2D eigenvalue weighted by atomic mass is 10.2. The second-order valence-electron chi connectivity index (χ2n) is 4.92. The Morgan fingerprint density at radius 2 is 1.91 bits per heavy atom. The Morgan fingerprint density at radius 3 is 2.65 bits per heavy atom. The molecule has 0 aliphatic rings. The van der Waals surface area contributed by atoms with Gasteiger partial charge < -0.3 is 10.3 Å². The van der Waals surface area contributed by atoms with Crippen LogP contribution in [0.3, 0.4) is 0 Å². The molecule has 2 heterocycles. The number of H-pyrrole nitrogens is 1. The van der Waals surface area contributed by atoms with Gasteiger partial charge in [-0.05, 0) is 24.6 Å². The molecule has 114 valence electrons. The molecule has 23 heavy (non-hydrogen) atoms. The predicted molar refractivity (Wildman–Crippen MR) is 90.5 cm³/mol. The minimum absolute atomic E-state index is 0.136. The summed E-state index contributed by atoms with van der Waals surface area (Å²) in [5.41, 5.74) is 2.25. The van der Waals surface area contributed by atoms with Crippen molar-refractivity contribution in [1.82, 2.24) is 19.9 Å². The Morgan fingerprint density at radius 1 is 1.17 bits per heavy atom.